The molecule has 2 nitrogen and oxygen atoms in total. The van der Waals surface area contributed by atoms with E-state index in [-0.39, 0.29) is 5.25 Å². The lowest BCUT2D eigenvalue weighted by molar-refractivity contribution is 0.0426. The molecule has 1 heterocycles. The second-order valence-electron chi connectivity index (χ2n) is 4.56. The Labute approximate surface area is 107 Å². The van der Waals surface area contributed by atoms with Crippen molar-refractivity contribution >= 4 is 11.8 Å². The molecular formula is C14H20O2S. The lowest BCUT2D eigenvalue weighted by Gasteiger charge is -2.27. The van der Waals surface area contributed by atoms with Crippen LogP contribution in [0.2, 0.25) is 0 Å². The van der Waals surface area contributed by atoms with Crippen molar-refractivity contribution in [2.75, 3.05) is 12.4 Å². The van der Waals surface area contributed by atoms with Crippen LogP contribution in [-0.2, 0) is 5.60 Å². The van der Waals surface area contributed by atoms with Gasteiger partial charge in [-0.15, -0.1) is 0 Å². The van der Waals surface area contributed by atoms with Gasteiger partial charge in [-0.2, -0.15) is 11.8 Å². The average Bonchev–Trinajstić information content (AvgIpc) is 2.69. The van der Waals surface area contributed by atoms with Gasteiger partial charge in [0.1, 0.15) is 11.4 Å². The standard InChI is InChI=1S/C14H20O2S/c1-3-9-16-13-6-4-12(5-7-13)14(15)8-10-17-11(14)2/h4-7,11,15H,3,8-10H2,1-2H3. The van der Waals surface area contributed by atoms with Gasteiger partial charge in [-0.3, -0.25) is 0 Å². The highest BCUT2D eigenvalue weighted by molar-refractivity contribution is 8.00. The van der Waals surface area contributed by atoms with E-state index in [0.29, 0.717) is 0 Å². The molecule has 1 saturated heterocycles. The molecule has 0 amide bonds. The van der Waals surface area contributed by atoms with Gasteiger partial charge in [-0.1, -0.05) is 26.0 Å². The summed E-state index contributed by atoms with van der Waals surface area (Å²) in [6, 6.07) is 7.90. The zero-order chi connectivity index (χ0) is 12.3. The predicted octanol–water partition coefficient (Wildman–Crippen LogP) is 3.19. The van der Waals surface area contributed by atoms with Crippen molar-refractivity contribution < 1.29 is 9.84 Å². The van der Waals surface area contributed by atoms with Gasteiger partial charge < -0.3 is 9.84 Å². The van der Waals surface area contributed by atoms with Crippen molar-refractivity contribution in [2.24, 2.45) is 0 Å². The summed E-state index contributed by atoms with van der Waals surface area (Å²) < 4.78 is 5.55. The fourth-order valence-corrected chi connectivity index (χ4v) is 3.48. The van der Waals surface area contributed by atoms with Crippen molar-refractivity contribution in [2.45, 2.75) is 37.5 Å². The fourth-order valence-electron chi connectivity index (χ4n) is 2.17. The maximum Gasteiger partial charge on any atom is 0.119 e. The predicted molar refractivity (Wildman–Crippen MR) is 72.7 cm³/mol. The summed E-state index contributed by atoms with van der Waals surface area (Å²) >= 11 is 1.84. The fraction of sp³-hybridized carbons (Fsp3) is 0.571. The van der Waals surface area contributed by atoms with Crippen LogP contribution < -0.4 is 4.74 Å². The Bertz CT molecular complexity index is 363. The largest absolute Gasteiger partial charge is 0.494 e. The summed E-state index contributed by atoms with van der Waals surface area (Å²) in [6.45, 7) is 4.93. The topological polar surface area (TPSA) is 29.5 Å². The minimum Gasteiger partial charge on any atom is -0.494 e. The van der Waals surface area contributed by atoms with Crippen molar-refractivity contribution in [1.82, 2.24) is 0 Å². The second-order valence-corrected chi connectivity index (χ2v) is 6.01. The molecule has 0 bridgehead atoms. The molecule has 1 aromatic carbocycles. The number of rotatable bonds is 4. The molecule has 1 aliphatic heterocycles. The van der Waals surface area contributed by atoms with E-state index in [2.05, 4.69) is 13.8 Å². The van der Waals surface area contributed by atoms with Gasteiger partial charge in [-0.05, 0) is 36.3 Å². The molecule has 1 N–H and O–H groups in total. The second kappa shape index (κ2) is 5.32. The zero-order valence-corrected chi connectivity index (χ0v) is 11.3. The van der Waals surface area contributed by atoms with Crippen LogP contribution >= 0.6 is 11.8 Å². The molecule has 3 heteroatoms. The van der Waals surface area contributed by atoms with Gasteiger partial charge in [0.2, 0.25) is 0 Å². The normalized spacial score (nSPS) is 28.3. The summed E-state index contributed by atoms with van der Waals surface area (Å²) in [5.74, 6) is 1.92. The smallest absolute Gasteiger partial charge is 0.119 e. The van der Waals surface area contributed by atoms with E-state index in [0.717, 1.165) is 36.5 Å². The number of aliphatic hydroxyl groups is 1. The van der Waals surface area contributed by atoms with Crippen LogP contribution in [0.3, 0.4) is 0 Å². The monoisotopic (exact) mass is 252 g/mol. The molecule has 0 saturated carbocycles. The molecule has 0 aromatic heterocycles. The summed E-state index contributed by atoms with van der Waals surface area (Å²) in [6.07, 6.45) is 1.85. The molecule has 0 radical (unpaired) electrons. The number of thioether (sulfide) groups is 1. The SMILES string of the molecule is CCCOc1ccc(C2(O)CCSC2C)cc1. The highest BCUT2D eigenvalue weighted by Crippen LogP contribution is 2.43. The van der Waals surface area contributed by atoms with Crippen LogP contribution in [0.4, 0.5) is 0 Å². The molecule has 0 aliphatic carbocycles. The lowest BCUT2D eigenvalue weighted by atomic mass is 9.88. The molecule has 1 aliphatic rings. The molecule has 1 aromatic rings. The quantitative estimate of drug-likeness (QED) is 0.892. The Morgan fingerprint density at radius 1 is 1.41 bits per heavy atom. The lowest BCUT2D eigenvalue weighted by Crippen LogP contribution is -2.31. The Morgan fingerprint density at radius 3 is 2.65 bits per heavy atom. The van der Waals surface area contributed by atoms with Gasteiger partial charge in [0.05, 0.1) is 6.61 Å². The molecular weight excluding hydrogens is 232 g/mol. The van der Waals surface area contributed by atoms with Crippen LogP contribution in [-0.4, -0.2) is 22.7 Å². The van der Waals surface area contributed by atoms with Crippen molar-refractivity contribution in [3.8, 4) is 5.75 Å². The number of hydrogen-bond acceptors (Lipinski definition) is 3. The van der Waals surface area contributed by atoms with Gasteiger partial charge in [-0.25, -0.2) is 0 Å². The first-order valence-corrected chi connectivity index (χ1v) is 7.29. The first-order chi connectivity index (χ1) is 8.16. The van der Waals surface area contributed by atoms with E-state index in [1.165, 1.54) is 0 Å². The Hall–Kier alpha value is -0.670. The number of benzene rings is 1. The first kappa shape index (κ1) is 12.8. The van der Waals surface area contributed by atoms with E-state index in [9.17, 15) is 5.11 Å². The Balaban J connectivity index is 2.12. The summed E-state index contributed by atoms with van der Waals surface area (Å²) in [5, 5.41) is 10.9. The van der Waals surface area contributed by atoms with Gasteiger partial charge in [0.25, 0.3) is 0 Å². The van der Waals surface area contributed by atoms with E-state index in [1.807, 2.05) is 36.0 Å². The highest BCUT2D eigenvalue weighted by Gasteiger charge is 2.40. The number of ether oxygens (including phenoxy) is 1. The van der Waals surface area contributed by atoms with E-state index < -0.39 is 5.60 Å². The zero-order valence-electron chi connectivity index (χ0n) is 10.5. The molecule has 2 unspecified atom stereocenters. The molecule has 0 spiro atoms. The van der Waals surface area contributed by atoms with Crippen LogP contribution in [0.1, 0.15) is 32.3 Å². The van der Waals surface area contributed by atoms with Crippen LogP contribution in [0.15, 0.2) is 24.3 Å². The third-order valence-electron chi connectivity index (χ3n) is 3.35. The van der Waals surface area contributed by atoms with Crippen molar-refractivity contribution in [3.05, 3.63) is 29.8 Å². The molecule has 2 rings (SSSR count). The third-order valence-corrected chi connectivity index (χ3v) is 4.68. The summed E-state index contributed by atoms with van der Waals surface area (Å²) in [4.78, 5) is 0. The maximum atomic E-state index is 10.6. The number of hydrogen-bond donors (Lipinski definition) is 1. The molecule has 2 atom stereocenters. The molecule has 94 valence electrons. The van der Waals surface area contributed by atoms with E-state index in [4.69, 9.17) is 4.74 Å². The maximum absolute atomic E-state index is 10.6. The first-order valence-electron chi connectivity index (χ1n) is 6.24. The van der Waals surface area contributed by atoms with Crippen LogP contribution in [0.25, 0.3) is 0 Å². The van der Waals surface area contributed by atoms with Crippen molar-refractivity contribution in [1.29, 1.82) is 0 Å². The van der Waals surface area contributed by atoms with E-state index >= 15 is 0 Å². The van der Waals surface area contributed by atoms with Gasteiger partial charge in [0.15, 0.2) is 0 Å². The Kier molecular flexibility index (Phi) is 4.00. The van der Waals surface area contributed by atoms with Crippen molar-refractivity contribution in [3.63, 3.8) is 0 Å². The van der Waals surface area contributed by atoms with Gasteiger partial charge >= 0.3 is 0 Å². The minimum atomic E-state index is -0.659. The van der Waals surface area contributed by atoms with Crippen LogP contribution in [0.5, 0.6) is 5.75 Å². The molecule has 1 fully saturated rings. The third kappa shape index (κ3) is 2.61. The summed E-state index contributed by atoms with van der Waals surface area (Å²) in [7, 11) is 0. The van der Waals surface area contributed by atoms with E-state index in [1.54, 1.807) is 0 Å². The minimum absolute atomic E-state index is 0.268. The average molecular weight is 252 g/mol. The molecule has 17 heavy (non-hydrogen) atoms. The Morgan fingerprint density at radius 2 is 2.12 bits per heavy atom. The highest BCUT2D eigenvalue weighted by atomic mass is 32.2. The van der Waals surface area contributed by atoms with Crippen LogP contribution in [0, 0.1) is 0 Å². The summed E-state index contributed by atoms with van der Waals surface area (Å²) in [5.41, 5.74) is 0.354. The van der Waals surface area contributed by atoms with Gasteiger partial charge in [0, 0.05) is 5.25 Å².